The summed E-state index contributed by atoms with van der Waals surface area (Å²) in [7, 11) is 0. The fourth-order valence-corrected chi connectivity index (χ4v) is 3.34. The number of rotatable bonds is 7. The van der Waals surface area contributed by atoms with Crippen molar-refractivity contribution in [2.45, 2.75) is 37.8 Å². The molecule has 1 N–H and O–H groups in total. The van der Waals surface area contributed by atoms with Crippen LogP contribution in [0.4, 0.5) is 0 Å². The van der Waals surface area contributed by atoms with Gasteiger partial charge in [-0.3, -0.25) is 4.79 Å². The second-order valence-electron chi connectivity index (χ2n) is 6.67. The maximum absolute atomic E-state index is 12.2. The largest absolute Gasteiger partial charge is 0.377 e. The zero-order valence-electron chi connectivity index (χ0n) is 14.3. The predicted molar refractivity (Wildman–Crippen MR) is 93.2 cm³/mol. The van der Waals surface area contributed by atoms with E-state index in [1.54, 1.807) is 0 Å². The minimum atomic E-state index is 0.0361. The summed E-state index contributed by atoms with van der Waals surface area (Å²) in [5.74, 6) is 0.0361. The predicted octanol–water partition coefficient (Wildman–Crippen LogP) is 2.08. The Morgan fingerprint density at radius 2 is 2.00 bits per heavy atom. The highest BCUT2D eigenvalue weighted by molar-refractivity contribution is 5.94. The summed E-state index contributed by atoms with van der Waals surface area (Å²) in [5, 5.41) is 3.15. The minimum Gasteiger partial charge on any atom is -0.377 e. The Morgan fingerprint density at radius 3 is 2.71 bits per heavy atom. The lowest BCUT2D eigenvalue weighted by atomic mass is 10.0. The molecular formula is C19H28N2O3. The fourth-order valence-electron chi connectivity index (χ4n) is 3.34. The molecule has 1 aromatic carbocycles. The van der Waals surface area contributed by atoms with Crippen LogP contribution in [0.5, 0.6) is 0 Å². The standard InChI is InChI=1S/C19H28N2O3/c22-19(16-5-2-1-3-6-16)20-17-8-10-21(11-9-17)12-14-23-15-18-7-4-13-24-18/h1-3,5-6,17-18H,4,7-15H2,(H,20,22)/t18-/m1/s1. The molecule has 1 aromatic rings. The Balaban J connectivity index is 1.29. The second-order valence-corrected chi connectivity index (χ2v) is 6.67. The molecular weight excluding hydrogens is 304 g/mol. The van der Waals surface area contributed by atoms with Crippen LogP contribution in [0.1, 0.15) is 36.0 Å². The first-order valence-electron chi connectivity index (χ1n) is 9.09. The SMILES string of the molecule is O=C(NC1CCN(CCOC[C@H]2CCCO2)CC1)c1ccccc1. The lowest BCUT2D eigenvalue weighted by Gasteiger charge is -2.32. The van der Waals surface area contributed by atoms with E-state index in [0.717, 1.165) is 70.7 Å². The van der Waals surface area contributed by atoms with Gasteiger partial charge in [-0.25, -0.2) is 0 Å². The van der Waals surface area contributed by atoms with Gasteiger partial charge in [0.1, 0.15) is 0 Å². The number of carbonyl (C=O) groups is 1. The summed E-state index contributed by atoms with van der Waals surface area (Å²) in [6.45, 7) is 5.37. The van der Waals surface area contributed by atoms with Gasteiger partial charge >= 0.3 is 0 Å². The molecule has 2 fully saturated rings. The van der Waals surface area contributed by atoms with Gasteiger partial charge in [0.2, 0.25) is 0 Å². The van der Waals surface area contributed by atoms with Crippen LogP contribution >= 0.6 is 0 Å². The molecule has 2 aliphatic rings. The van der Waals surface area contributed by atoms with E-state index in [9.17, 15) is 4.79 Å². The zero-order valence-corrected chi connectivity index (χ0v) is 14.3. The van der Waals surface area contributed by atoms with Crippen LogP contribution in [0.25, 0.3) is 0 Å². The van der Waals surface area contributed by atoms with Crippen molar-refractivity contribution in [1.29, 1.82) is 0 Å². The lowest BCUT2D eigenvalue weighted by Crippen LogP contribution is -2.45. The number of nitrogens with zero attached hydrogens (tertiary/aromatic N) is 1. The van der Waals surface area contributed by atoms with Gasteiger partial charge in [-0.2, -0.15) is 0 Å². The van der Waals surface area contributed by atoms with Gasteiger partial charge in [0.25, 0.3) is 5.91 Å². The van der Waals surface area contributed by atoms with Crippen molar-refractivity contribution < 1.29 is 14.3 Å². The summed E-state index contributed by atoms with van der Waals surface area (Å²) in [6, 6.07) is 9.71. The molecule has 0 aromatic heterocycles. The average molecular weight is 332 g/mol. The molecule has 0 radical (unpaired) electrons. The van der Waals surface area contributed by atoms with Crippen molar-refractivity contribution in [3.05, 3.63) is 35.9 Å². The van der Waals surface area contributed by atoms with Crippen molar-refractivity contribution in [3.63, 3.8) is 0 Å². The Kier molecular flexibility index (Phi) is 6.64. The molecule has 0 spiro atoms. The van der Waals surface area contributed by atoms with Crippen molar-refractivity contribution in [2.24, 2.45) is 0 Å². The number of likely N-dealkylation sites (tertiary alicyclic amines) is 1. The van der Waals surface area contributed by atoms with E-state index in [1.807, 2.05) is 30.3 Å². The van der Waals surface area contributed by atoms with Crippen LogP contribution in [0.2, 0.25) is 0 Å². The molecule has 0 unspecified atom stereocenters. The van der Waals surface area contributed by atoms with Gasteiger partial charge in [0, 0.05) is 37.8 Å². The Morgan fingerprint density at radius 1 is 1.21 bits per heavy atom. The number of nitrogens with one attached hydrogen (secondary N) is 1. The van der Waals surface area contributed by atoms with E-state index in [4.69, 9.17) is 9.47 Å². The lowest BCUT2D eigenvalue weighted by molar-refractivity contribution is 0.00855. The zero-order chi connectivity index (χ0) is 16.6. The van der Waals surface area contributed by atoms with Crippen molar-refractivity contribution in [2.75, 3.05) is 39.5 Å². The highest BCUT2D eigenvalue weighted by Gasteiger charge is 2.21. The second kappa shape index (κ2) is 9.16. The third-order valence-electron chi connectivity index (χ3n) is 4.84. The van der Waals surface area contributed by atoms with Crippen molar-refractivity contribution >= 4 is 5.91 Å². The van der Waals surface area contributed by atoms with E-state index < -0.39 is 0 Å². The van der Waals surface area contributed by atoms with Gasteiger partial charge in [-0.15, -0.1) is 0 Å². The van der Waals surface area contributed by atoms with E-state index in [1.165, 1.54) is 0 Å². The molecule has 0 saturated carbocycles. The number of benzene rings is 1. The monoisotopic (exact) mass is 332 g/mol. The molecule has 5 nitrogen and oxygen atoms in total. The number of hydrogen-bond acceptors (Lipinski definition) is 4. The molecule has 2 saturated heterocycles. The normalized spacial score (nSPS) is 22.6. The van der Waals surface area contributed by atoms with Crippen LogP contribution in [0.15, 0.2) is 30.3 Å². The Labute approximate surface area is 144 Å². The van der Waals surface area contributed by atoms with Gasteiger partial charge in [0.15, 0.2) is 0 Å². The maximum atomic E-state index is 12.2. The van der Waals surface area contributed by atoms with Crippen LogP contribution in [-0.4, -0.2) is 62.4 Å². The Bertz CT molecular complexity index is 495. The topological polar surface area (TPSA) is 50.8 Å². The third-order valence-corrected chi connectivity index (χ3v) is 4.84. The summed E-state index contributed by atoms with van der Waals surface area (Å²) in [4.78, 5) is 14.6. The molecule has 3 rings (SSSR count). The smallest absolute Gasteiger partial charge is 0.251 e. The van der Waals surface area contributed by atoms with Crippen LogP contribution in [0.3, 0.4) is 0 Å². The van der Waals surface area contributed by atoms with E-state index >= 15 is 0 Å². The van der Waals surface area contributed by atoms with Gasteiger partial charge in [-0.1, -0.05) is 18.2 Å². The molecule has 1 atom stereocenters. The molecule has 0 bridgehead atoms. The molecule has 132 valence electrons. The first kappa shape index (κ1) is 17.4. The fraction of sp³-hybridized carbons (Fsp3) is 0.632. The quantitative estimate of drug-likeness (QED) is 0.777. The number of amides is 1. The maximum Gasteiger partial charge on any atom is 0.251 e. The highest BCUT2D eigenvalue weighted by Crippen LogP contribution is 2.13. The number of carbonyl (C=O) groups excluding carboxylic acids is 1. The number of ether oxygens (including phenoxy) is 2. The van der Waals surface area contributed by atoms with Crippen molar-refractivity contribution in [3.8, 4) is 0 Å². The summed E-state index contributed by atoms with van der Waals surface area (Å²) in [5.41, 5.74) is 0.738. The summed E-state index contributed by atoms with van der Waals surface area (Å²) >= 11 is 0. The number of hydrogen-bond donors (Lipinski definition) is 1. The Hall–Kier alpha value is -1.43. The van der Waals surface area contributed by atoms with Crippen LogP contribution in [-0.2, 0) is 9.47 Å². The molecule has 2 aliphatic heterocycles. The molecule has 24 heavy (non-hydrogen) atoms. The van der Waals surface area contributed by atoms with Crippen LogP contribution in [0, 0.1) is 0 Å². The third kappa shape index (κ3) is 5.30. The molecule has 1 amide bonds. The first-order chi connectivity index (χ1) is 11.8. The summed E-state index contributed by atoms with van der Waals surface area (Å²) < 4.78 is 11.3. The van der Waals surface area contributed by atoms with Crippen LogP contribution < -0.4 is 5.32 Å². The molecule has 0 aliphatic carbocycles. The summed E-state index contributed by atoms with van der Waals surface area (Å²) in [6.07, 6.45) is 4.61. The van der Waals surface area contributed by atoms with Crippen molar-refractivity contribution in [1.82, 2.24) is 10.2 Å². The van der Waals surface area contributed by atoms with Gasteiger partial charge in [-0.05, 0) is 37.8 Å². The van der Waals surface area contributed by atoms with E-state index in [0.29, 0.717) is 6.10 Å². The van der Waals surface area contributed by atoms with Gasteiger partial charge in [0.05, 0.1) is 19.3 Å². The molecule has 5 heteroatoms. The van der Waals surface area contributed by atoms with Gasteiger partial charge < -0.3 is 19.7 Å². The molecule has 2 heterocycles. The average Bonchev–Trinajstić information content (AvgIpc) is 3.14. The van der Waals surface area contributed by atoms with E-state index in [-0.39, 0.29) is 11.9 Å². The first-order valence-corrected chi connectivity index (χ1v) is 9.09. The minimum absolute atomic E-state index is 0.0361. The number of piperidine rings is 1. The van der Waals surface area contributed by atoms with E-state index in [2.05, 4.69) is 10.2 Å². The highest BCUT2D eigenvalue weighted by atomic mass is 16.5.